The average molecular weight is 414 g/mol. The Labute approximate surface area is 161 Å². The van der Waals surface area contributed by atoms with Gasteiger partial charge in [0.1, 0.15) is 11.6 Å². The lowest BCUT2D eigenvalue weighted by Gasteiger charge is -2.11. The summed E-state index contributed by atoms with van der Waals surface area (Å²) in [5.41, 5.74) is 6.76. The van der Waals surface area contributed by atoms with Gasteiger partial charge < -0.3 is 11.1 Å². The number of imide groups is 1. The molecule has 140 valence electrons. The number of halogens is 4. The van der Waals surface area contributed by atoms with Crippen molar-refractivity contribution in [2.45, 2.75) is 12.8 Å². The fraction of sp³-hybridized carbons (Fsp3) is 0.118. The number of anilines is 2. The molecule has 27 heavy (non-hydrogen) atoms. The smallest absolute Gasteiger partial charge is 0.326 e. The van der Waals surface area contributed by atoms with Crippen LogP contribution in [-0.4, -0.2) is 17.8 Å². The molecule has 3 N–H and O–H groups in total. The standard InChI is InChI=1S/C9H6ClFN2O2.C8H5ClFNO/c10-8-4-3-7(14)13(9(12)15)6(4)2-1-5(8)11;9-8-4-3-7(12)11-6(4)2-1-5(8)10/h1-2H,3H2,(H2,12,15);1-2H,3H2,(H,11,12). The molecule has 0 aliphatic carbocycles. The van der Waals surface area contributed by atoms with E-state index in [4.69, 9.17) is 28.9 Å². The van der Waals surface area contributed by atoms with Gasteiger partial charge in [-0.25, -0.2) is 18.5 Å². The molecule has 0 fully saturated rings. The summed E-state index contributed by atoms with van der Waals surface area (Å²) in [6.45, 7) is 0. The predicted molar refractivity (Wildman–Crippen MR) is 95.9 cm³/mol. The lowest BCUT2D eigenvalue weighted by molar-refractivity contribution is -0.117. The number of nitrogens with two attached hydrogens (primary N) is 1. The first-order chi connectivity index (χ1) is 12.7. The van der Waals surface area contributed by atoms with Gasteiger partial charge >= 0.3 is 6.03 Å². The number of nitrogens with one attached hydrogen (secondary N) is 1. The molecule has 0 spiro atoms. The van der Waals surface area contributed by atoms with Crippen LogP contribution in [0.5, 0.6) is 0 Å². The molecule has 0 atom stereocenters. The third-order valence-electron chi connectivity index (χ3n) is 4.02. The topological polar surface area (TPSA) is 92.5 Å². The van der Waals surface area contributed by atoms with Crippen LogP contribution < -0.4 is 16.0 Å². The number of carbonyl (C=O) groups excluding carboxylic acids is 3. The zero-order valence-electron chi connectivity index (χ0n) is 13.5. The highest BCUT2D eigenvalue weighted by atomic mass is 35.5. The van der Waals surface area contributed by atoms with E-state index in [0.29, 0.717) is 16.8 Å². The van der Waals surface area contributed by atoms with E-state index in [9.17, 15) is 23.2 Å². The van der Waals surface area contributed by atoms with Crippen LogP contribution in [0.25, 0.3) is 0 Å². The summed E-state index contributed by atoms with van der Waals surface area (Å²) in [4.78, 5) is 34.0. The normalized spacial score (nSPS) is 14.3. The van der Waals surface area contributed by atoms with Crippen LogP contribution in [0.15, 0.2) is 24.3 Å². The number of fused-ring (bicyclic) bond motifs is 2. The Morgan fingerprint density at radius 1 is 1.00 bits per heavy atom. The minimum atomic E-state index is -0.888. The SMILES string of the molecule is NC(=O)N1C(=O)Cc2c1ccc(F)c2Cl.O=C1Cc2c(ccc(F)c2Cl)N1. The van der Waals surface area contributed by atoms with Gasteiger partial charge in [-0.1, -0.05) is 23.2 Å². The summed E-state index contributed by atoms with van der Waals surface area (Å²) in [5, 5.41) is 2.49. The van der Waals surface area contributed by atoms with E-state index >= 15 is 0 Å². The summed E-state index contributed by atoms with van der Waals surface area (Å²) in [6.07, 6.45) is 0.0702. The first kappa shape index (κ1) is 19.1. The molecule has 0 radical (unpaired) electrons. The first-order valence-electron chi connectivity index (χ1n) is 7.56. The van der Waals surface area contributed by atoms with Crippen LogP contribution in [0.3, 0.4) is 0 Å². The van der Waals surface area contributed by atoms with Crippen LogP contribution in [0.4, 0.5) is 25.0 Å². The lowest BCUT2D eigenvalue weighted by atomic mass is 10.1. The summed E-state index contributed by atoms with van der Waals surface area (Å²) < 4.78 is 25.9. The molecule has 2 aromatic rings. The number of benzene rings is 2. The Morgan fingerprint density at radius 3 is 2.22 bits per heavy atom. The van der Waals surface area contributed by atoms with Crippen molar-refractivity contribution in [1.82, 2.24) is 0 Å². The molecule has 2 aliphatic heterocycles. The molecule has 0 unspecified atom stereocenters. The summed E-state index contributed by atoms with van der Waals surface area (Å²) in [7, 11) is 0. The molecular weight excluding hydrogens is 403 g/mol. The van der Waals surface area contributed by atoms with Crippen molar-refractivity contribution in [1.29, 1.82) is 0 Å². The van der Waals surface area contributed by atoms with Gasteiger partial charge in [0.15, 0.2) is 0 Å². The second-order valence-corrected chi connectivity index (χ2v) is 6.47. The molecule has 6 nitrogen and oxygen atoms in total. The molecule has 0 saturated heterocycles. The number of nitrogens with zero attached hydrogens (tertiary/aromatic N) is 1. The Kier molecular flexibility index (Phi) is 5.03. The zero-order valence-corrected chi connectivity index (χ0v) is 15.0. The molecular formula is C17H11Cl2F2N3O3. The maximum atomic E-state index is 13.1. The highest BCUT2D eigenvalue weighted by Crippen LogP contribution is 2.35. The van der Waals surface area contributed by atoms with E-state index in [2.05, 4.69) is 5.32 Å². The van der Waals surface area contributed by atoms with Crippen LogP contribution in [0.1, 0.15) is 11.1 Å². The Balaban J connectivity index is 0.000000159. The Hall–Kier alpha value is -2.71. The number of hydrogen-bond acceptors (Lipinski definition) is 3. The van der Waals surface area contributed by atoms with E-state index in [1.807, 2.05) is 0 Å². The van der Waals surface area contributed by atoms with Gasteiger partial charge in [-0.05, 0) is 24.3 Å². The average Bonchev–Trinajstić information content (AvgIpc) is 3.15. The number of hydrogen-bond donors (Lipinski definition) is 2. The summed E-state index contributed by atoms with van der Waals surface area (Å²) in [6, 6.07) is 4.28. The quantitative estimate of drug-likeness (QED) is 0.692. The Bertz CT molecular complexity index is 998. The minimum absolute atomic E-state index is 0.0471. The van der Waals surface area contributed by atoms with Crippen LogP contribution in [-0.2, 0) is 22.4 Å². The van der Waals surface area contributed by atoms with Crippen LogP contribution in [0, 0.1) is 11.6 Å². The Morgan fingerprint density at radius 2 is 1.59 bits per heavy atom. The highest BCUT2D eigenvalue weighted by molar-refractivity contribution is 6.33. The molecule has 0 aromatic heterocycles. The maximum Gasteiger partial charge on any atom is 0.326 e. The highest BCUT2D eigenvalue weighted by Gasteiger charge is 2.33. The van der Waals surface area contributed by atoms with Gasteiger partial charge in [0.25, 0.3) is 0 Å². The molecule has 4 amide bonds. The molecule has 0 bridgehead atoms. The van der Waals surface area contributed by atoms with E-state index < -0.39 is 23.6 Å². The van der Waals surface area contributed by atoms with E-state index in [-0.39, 0.29) is 34.5 Å². The van der Waals surface area contributed by atoms with Gasteiger partial charge in [-0.3, -0.25) is 9.59 Å². The molecule has 2 aromatic carbocycles. The maximum absolute atomic E-state index is 13.1. The number of carbonyl (C=O) groups is 3. The van der Waals surface area contributed by atoms with Crippen LogP contribution in [0.2, 0.25) is 10.0 Å². The number of primary amides is 1. The van der Waals surface area contributed by atoms with Gasteiger partial charge in [0.2, 0.25) is 11.8 Å². The molecule has 2 heterocycles. The number of rotatable bonds is 0. The largest absolute Gasteiger partial charge is 0.351 e. The van der Waals surface area contributed by atoms with Gasteiger partial charge in [-0.15, -0.1) is 0 Å². The van der Waals surface area contributed by atoms with Crippen molar-refractivity contribution < 1.29 is 23.2 Å². The second-order valence-electron chi connectivity index (χ2n) is 5.72. The van der Waals surface area contributed by atoms with Crippen molar-refractivity contribution >= 4 is 52.4 Å². The third kappa shape index (κ3) is 3.45. The van der Waals surface area contributed by atoms with Gasteiger partial charge in [0.05, 0.1) is 28.6 Å². The zero-order chi connectivity index (χ0) is 19.9. The first-order valence-corrected chi connectivity index (χ1v) is 8.32. The fourth-order valence-electron chi connectivity index (χ4n) is 2.80. The van der Waals surface area contributed by atoms with Crippen molar-refractivity contribution in [3.05, 3.63) is 57.1 Å². The van der Waals surface area contributed by atoms with E-state index in [0.717, 1.165) is 11.0 Å². The minimum Gasteiger partial charge on any atom is -0.351 e. The van der Waals surface area contributed by atoms with E-state index in [1.54, 1.807) is 0 Å². The lowest BCUT2D eigenvalue weighted by Crippen LogP contribution is -2.38. The van der Waals surface area contributed by atoms with Crippen molar-refractivity contribution in [2.24, 2.45) is 5.73 Å². The second kappa shape index (κ2) is 7.13. The summed E-state index contributed by atoms with van der Waals surface area (Å²) in [5.74, 6) is -1.73. The number of amides is 4. The molecule has 4 rings (SSSR count). The number of urea groups is 1. The van der Waals surface area contributed by atoms with Crippen molar-refractivity contribution in [3.63, 3.8) is 0 Å². The van der Waals surface area contributed by atoms with Crippen molar-refractivity contribution in [3.8, 4) is 0 Å². The van der Waals surface area contributed by atoms with Gasteiger partial charge in [-0.2, -0.15) is 0 Å². The monoisotopic (exact) mass is 413 g/mol. The van der Waals surface area contributed by atoms with Gasteiger partial charge in [0, 0.05) is 16.8 Å². The molecule has 2 aliphatic rings. The fourth-order valence-corrected chi connectivity index (χ4v) is 3.26. The van der Waals surface area contributed by atoms with Crippen LogP contribution >= 0.6 is 23.2 Å². The molecule has 10 heteroatoms. The molecule has 0 saturated carbocycles. The van der Waals surface area contributed by atoms with Crippen molar-refractivity contribution in [2.75, 3.05) is 10.2 Å². The van der Waals surface area contributed by atoms with E-state index in [1.165, 1.54) is 18.2 Å². The summed E-state index contributed by atoms with van der Waals surface area (Å²) >= 11 is 11.3. The predicted octanol–water partition coefficient (Wildman–Crippen LogP) is 3.42. The third-order valence-corrected chi connectivity index (χ3v) is 4.83.